The molecule has 5 atom stereocenters. The monoisotopic (exact) mass is 493 g/mol. The molecule has 2 rings (SSSR count). The Bertz CT molecular complexity index is 977. The number of benzene rings is 1. The number of amides is 2. The molecule has 1 aliphatic heterocycles. The van der Waals surface area contributed by atoms with Gasteiger partial charge in [-0.05, 0) is 12.1 Å². The average molecular weight is 493 g/mol. The first kappa shape index (κ1) is 27.4. The summed E-state index contributed by atoms with van der Waals surface area (Å²) in [7, 11) is 0. The van der Waals surface area contributed by atoms with Crippen LogP contribution in [-0.2, 0) is 47.7 Å². The molecule has 35 heavy (non-hydrogen) atoms. The summed E-state index contributed by atoms with van der Waals surface area (Å²) in [5, 5.41) is 0. The SMILES string of the molecule is CC(=O)OC[C@H]1O[C@H](OC(C)=O)[C@@H](N(C(C)=O)C(=O)c2ccccc2)[C@@H](OC(C)=O)[C@@H]1OC(C)=O. The molecular formula is C23H27NO11. The molecule has 0 aromatic heterocycles. The fourth-order valence-corrected chi connectivity index (χ4v) is 3.63. The fourth-order valence-electron chi connectivity index (χ4n) is 3.63. The van der Waals surface area contributed by atoms with E-state index in [0.29, 0.717) is 0 Å². The number of ether oxygens (including phenoxy) is 5. The first-order chi connectivity index (χ1) is 16.4. The highest BCUT2D eigenvalue weighted by molar-refractivity contribution is 6.04. The number of rotatable bonds is 7. The van der Waals surface area contributed by atoms with E-state index in [2.05, 4.69) is 0 Å². The summed E-state index contributed by atoms with van der Waals surface area (Å²) >= 11 is 0. The van der Waals surface area contributed by atoms with Crippen LogP contribution in [0.5, 0.6) is 0 Å². The van der Waals surface area contributed by atoms with E-state index in [9.17, 15) is 28.8 Å². The molecule has 0 saturated carbocycles. The van der Waals surface area contributed by atoms with Crippen molar-refractivity contribution >= 4 is 35.7 Å². The van der Waals surface area contributed by atoms with Gasteiger partial charge in [-0.1, -0.05) is 18.2 Å². The van der Waals surface area contributed by atoms with Crippen molar-refractivity contribution in [1.82, 2.24) is 4.90 Å². The van der Waals surface area contributed by atoms with Crippen LogP contribution in [0.4, 0.5) is 0 Å². The van der Waals surface area contributed by atoms with Gasteiger partial charge in [0.05, 0.1) is 0 Å². The standard InChI is InChI=1S/C23H27NO11/c1-12(25)24(22(30)17-9-7-6-8-10-17)19-21(33-15(4)28)20(32-14(3)27)18(11-31-13(2)26)35-23(19)34-16(5)29/h6-10,18-21,23H,11H2,1-5H3/t18-,19+,20-,21-,23+/m1/s1. The first-order valence-corrected chi connectivity index (χ1v) is 10.6. The topological polar surface area (TPSA) is 152 Å². The van der Waals surface area contributed by atoms with Crippen molar-refractivity contribution in [1.29, 1.82) is 0 Å². The molecular weight excluding hydrogens is 466 g/mol. The second kappa shape index (κ2) is 12.1. The molecule has 190 valence electrons. The summed E-state index contributed by atoms with van der Waals surface area (Å²) in [5.41, 5.74) is 0.108. The molecule has 0 aliphatic carbocycles. The number of carbonyl (C=O) groups is 6. The van der Waals surface area contributed by atoms with Gasteiger partial charge in [0.2, 0.25) is 12.2 Å². The van der Waals surface area contributed by atoms with Crippen molar-refractivity contribution in [3.05, 3.63) is 35.9 Å². The minimum Gasteiger partial charge on any atom is -0.463 e. The van der Waals surface area contributed by atoms with Gasteiger partial charge in [0.15, 0.2) is 12.2 Å². The summed E-state index contributed by atoms with van der Waals surface area (Å²) < 4.78 is 26.7. The predicted molar refractivity (Wildman–Crippen MR) is 115 cm³/mol. The number of hydrogen-bond donors (Lipinski definition) is 0. The Morgan fingerprint density at radius 1 is 0.771 bits per heavy atom. The second-order valence-corrected chi connectivity index (χ2v) is 7.65. The van der Waals surface area contributed by atoms with Crippen LogP contribution in [0.15, 0.2) is 30.3 Å². The van der Waals surface area contributed by atoms with Crippen LogP contribution in [-0.4, -0.2) is 77.8 Å². The van der Waals surface area contributed by atoms with Crippen molar-refractivity contribution in [2.75, 3.05) is 6.61 Å². The molecule has 0 N–H and O–H groups in total. The van der Waals surface area contributed by atoms with Gasteiger partial charge in [0, 0.05) is 40.2 Å². The van der Waals surface area contributed by atoms with Gasteiger partial charge in [-0.25, -0.2) is 0 Å². The molecule has 0 bridgehead atoms. The van der Waals surface area contributed by atoms with Crippen LogP contribution >= 0.6 is 0 Å². The van der Waals surface area contributed by atoms with Crippen molar-refractivity contribution in [3.8, 4) is 0 Å². The second-order valence-electron chi connectivity index (χ2n) is 7.65. The normalized spacial score (nSPS) is 23.4. The summed E-state index contributed by atoms with van der Waals surface area (Å²) in [6, 6.07) is 6.18. The zero-order valence-electron chi connectivity index (χ0n) is 19.9. The maximum atomic E-state index is 13.4. The van der Waals surface area contributed by atoms with E-state index in [1.54, 1.807) is 18.2 Å². The third-order valence-corrected chi connectivity index (χ3v) is 4.83. The van der Waals surface area contributed by atoms with Gasteiger partial charge in [0.1, 0.15) is 18.8 Å². The summed E-state index contributed by atoms with van der Waals surface area (Å²) in [6.07, 6.45) is -5.89. The summed E-state index contributed by atoms with van der Waals surface area (Å²) in [5.74, 6) is -4.77. The molecule has 1 saturated heterocycles. The highest BCUT2D eigenvalue weighted by Gasteiger charge is 2.55. The number of esters is 4. The molecule has 0 unspecified atom stereocenters. The maximum absolute atomic E-state index is 13.4. The lowest BCUT2D eigenvalue weighted by atomic mass is 9.94. The molecule has 1 heterocycles. The number of imide groups is 1. The van der Waals surface area contributed by atoms with Crippen LogP contribution in [0.2, 0.25) is 0 Å². The third-order valence-electron chi connectivity index (χ3n) is 4.83. The largest absolute Gasteiger partial charge is 0.463 e. The predicted octanol–water partition coefficient (Wildman–Crippen LogP) is 0.758. The van der Waals surface area contributed by atoms with Gasteiger partial charge in [-0.3, -0.25) is 33.7 Å². The minimum atomic E-state index is -1.65. The van der Waals surface area contributed by atoms with E-state index in [1.807, 2.05) is 0 Å². The lowest BCUT2D eigenvalue weighted by Crippen LogP contribution is -2.68. The first-order valence-electron chi connectivity index (χ1n) is 10.6. The quantitative estimate of drug-likeness (QED) is 0.391. The van der Waals surface area contributed by atoms with E-state index < -0.39 is 72.9 Å². The maximum Gasteiger partial charge on any atom is 0.305 e. The van der Waals surface area contributed by atoms with Crippen LogP contribution < -0.4 is 0 Å². The summed E-state index contributed by atoms with van der Waals surface area (Å²) in [4.78, 5) is 74.0. The van der Waals surface area contributed by atoms with Crippen LogP contribution in [0.1, 0.15) is 45.0 Å². The van der Waals surface area contributed by atoms with Crippen LogP contribution in [0, 0.1) is 0 Å². The molecule has 1 aliphatic rings. The van der Waals surface area contributed by atoms with Gasteiger partial charge >= 0.3 is 23.9 Å². The molecule has 1 fully saturated rings. The van der Waals surface area contributed by atoms with Gasteiger partial charge < -0.3 is 23.7 Å². The molecule has 1 aromatic rings. The Morgan fingerprint density at radius 2 is 1.31 bits per heavy atom. The molecule has 12 heteroatoms. The molecule has 2 amide bonds. The van der Waals surface area contributed by atoms with Gasteiger partial charge in [-0.15, -0.1) is 0 Å². The van der Waals surface area contributed by atoms with E-state index in [0.717, 1.165) is 39.5 Å². The fraction of sp³-hybridized carbons (Fsp3) is 0.478. The van der Waals surface area contributed by atoms with E-state index in [1.165, 1.54) is 12.1 Å². The van der Waals surface area contributed by atoms with E-state index >= 15 is 0 Å². The Hall–Kier alpha value is -3.80. The lowest BCUT2D eigenvalue weighted by molar-refractivity contribution is -0.280. The van der Waals surface area contributed by atoms with Crippen LogP contribution in [0.25, 0.3) is 0 Å². The Morgan fingerprint density at radius 3 is 1.80 bits per heavy atom. The Labute approximate surface area is 201 Å². The smallest absolute Gasteiger partial charge is 0.305 e. The molecule has 12 nitrogen and oxygen atoms in total. The lowest BCUT2D eigenvalue weighted by Gasteiger charge is -2.47. The van der Waals surface area contributed by atoms with E-state index in [-0.39, 0.29) is 5.56 Å². The van der Waals surface area contributed by atoms with Crippen molar-refractivity contribution < 1.29 is 52.5 Å². The third kappa shape index (κ3) is 7.34. The highest BCUT2D eigenvalue weighted by Crippen LogP contribution is 2.32. The minimum absolute atomic E-state index is 0.108. The molecule has 1 aromatic carbocycles. The average Bonchev–Trinajstić information content (AvgIpc) is 2.75. The zero-order chi connectivity index (χ0) is 26.3. The van der Waals surface area contributed by atoms with Crippen molar-refractivity contribution in [2.45, 2.75) is 65.3 Å². The van der Waals surface area contributed by atoms with Gasteiger partial charge in [0.25, 0.3) is 5.91 Å². The van der Waals surface area contributed by atoms with Crippen molar-refractivity contribution in [3.63, 3.8) is 0 Å². The molecule has 0 spiro atoms. The Kier molecular flexibility index (Phi) is 9.46. The number of hydrogen-bond acceptors (Lipinski definition) is 11. The van der Waals surface area contributed by atoms with Crippen LogP contribution in [0.3, 0.4) is 0 Å². The zero-order valence-corrected chi connectivity index (χ0v) is 19.9. The Balaban J connectivity index is 2.66. The highest BCUT2D eigenvalue weighted by atomic mass is 16.7. The number of carbonyl (C=O) groups excluding carboxylic acids is 6. The van der Waals surface area contributed by atoms with E-state index in [4.69, 9.17) is 23.7 Å². The van der Waals surface area contributed by atoms with Crippen molar-refractivity contribution in [2.24, 2.45) is 0 Å². The summed E-state index contributed by atoms with van der Waals surface area (Å²) in [6.45, 7) is 4.97. The number of nitrogens with zero attached hydrogens (tertiary/aromatic N) is 1. The van der Waals surface area contributed by atoms with Gasteiger partial charge in [-0.2, -0.15) is 0 Å². The molecule has 0 radical (unpaired) electrons.